The van der Waals surface area contributed by atoms with Crippen molar-refractivity contribution in [1.82, 2.24) is 5.32 Å². The van der Waals surface area contributed by atoms with Crippen molar-refractivity contribution >= 4 is 0 Å². The van der Waals surface area contributed by atoms with E-state index >= 15 is 0 Å². The summed E-state index contributed by atoms with van der Waals surface area (Å²) >= 11 is 0. The minimum absolute atomic E-state index is 0.339. The van der Waals surface area contributed by atoms with Gasteiger partial charge in [0.05, 0.1) is 25.9 Å². The first-order valence-electron chi connectivity index (χ1n) is 6.50. The Morgan fingerprint density at radius 1 is 1.18 bits per heavy atom. The topological polar surface area (TPSA) is 50.7 Å². The van der Waals surface area contributed by atoms with Gasteiger partial charge in [-0.05, 0) is 25.3 Å². The highest BCUT2D eigenvalue weighted by Gasteiger charge is 2.09. The summed E-state index contributed by atoms with van der Waals surface area (Å²) in [6.07, 6.45) is 0.668. The van der Waals surface area contributed by atoms with Crippen LogP contribution in [-0.4, -0.2) is 50.7 Å². The Morgan fingerprint density at radius 2 is 1.82 bits per heavy atom. The van der Waals surface area contributed by atoms with Crippen LogP contribution < -0.4 is 5.32 Å². The van der Waals surface area contributed by atoms with Crippen LogP contribution in [0.15, 0.2) is 0 Å². The smallest absolute Gasteiger partial charge is 0.0897 e. The Balaban J connectivity index is 3.26. The van der Waals surface area contributed by atoms with E-state index in [0.29, 0.717) is 38.4 Å². The molecule has 0 fully saturated rings. The van der Waals surface area contributed by atoms with E-state index in [1.54, 1.807) is 0 Å². The molecule has 0 aliphatic carbocycles. The zero-order chi connectivity index (χ0) is 13.1. The van der Waals surface area contributed by atoms with Crippen LogP contribution in [-0.2, 0) is 9.47 Å². The summed E-state index contributed by atoms with van der Waals surface area (Å²) < 4.78 is 10.4. The Kier molecular flexibility index (Phi) is 9.74. The number of ether oxygens (including phenoxy) is 2. The molecule has 0 heterocycles. The maximum Gasteiger partial charge on any atom is 0.0897 e. The average molecular weight is 247 g/mol. The van der Waals surface area contributed by atoms with Crippen molar-refractivity contribution < 1.29 is 14.6 Å². The summed E-state index contributed by atoms with van der Waals surface area (Å²) in [5.41, 5.74) is 0.339. The summed E-state index contributed by atoms with van der Waals surface area (Å²) in [5, 5.41) is 12.8. The number of rotatable bonds is 10. The first-order valence-corrected chi connectivity index (χ1v) is 6.50. The van der Waals surface area contributed by atoms with Gasteiger partial charge in [-0.25, -0.2) is 0 Å². The van der Waals surface area contributed by atoms with Gasteiger partial charge in [-0.3, -0.25) is 0 Å². The van der Waals surface area contributed by atoms with Gasteiger partial charge in [-0.1, -0.05) is 20.8 Å². The molecule has 1 unspecified atom stereocenters. The molecule has 2 N–H and O–H groups in total. The SMILES string of the molecule is CCOCCOCC(O)CNCCC(C)(C)C. The normalized spacial score (nSPS) is 13.9. The van der Waals surface area contributed by atoms with Crippen LogP contribution in [0, 0.1) is 5.41 Å². The Labute approximate surface area is 106 Å². The number of hydrogen-bond acceptors (Lipinski definition) is 4. The maximum absolute atomic E-state index is 9.61. The fourth-order valence-electron chi connectivity index (χ4n) is 1.27. The van der Waals surface area contributed by atoms with Crippen LogP contribution in [0.5, 0.6) is 0 Å². The number of nitrogens with one attached hydrogen (secondary N) is 1. The van der Waals surface area contributed by atoms with Crippen molar-refractivity contribution in [2.75, 3.05) is 39.5 Å². The van der Waals surface area contributed by atoms with Gasteiger partial charge in [0.25, 0.3) is 0 Å². The van der Waals surface area contributed by atoms with E-state index in [1.165, 1.54) is 0 Å². The molecule has 4 nitrogen and oxygen atoms in total. The summed E-state index contributed by atoms with van der Waals surface area (Å²) in [6.45, 7) is 12.3. The van der Waals surface area contributed by atoms with Crippen LogP contribution in [0.4, 0.5) is 0 Å². The number of aliphatic hydroxyl groups is 1. The first-order chi connectivity index (χ1) is 7.95. The van der Waals surface area contributed by atoms with Crippen molar-refractivity contribution in [3.05, 3.63) is 0 Å². The molecule has 0 bridgehead atoms. The molecule has 1 atom stereocenters. The lowest BCUT2D eigenvalue weighted by atomic mass is 9.92. The second kappa shape index (κ2) is 9.83. The first kappa shape index (κ1) is 16.8. The summed E-state index contributed by atoms with van der Waals surface area (Å²) in [6, 6.07) is 0. The predicted octanol–water partition coefficient (Wildman–Crippen LogP) is 1.43. The van der Waals surface area contributed by atoms with Gasteiger partial charge < -0.3 is 19.9 Å². The molecule has 0 saturated heterocycles. The third-order valence-electron chi connectivity index (χ3n) is 2.32. The van der Waals surface area contributed by atoms with Crippen LogP contribution in [0.3, 0.4) is 0 Å². The summed E-state index contributed by atoms with van der Waals surface area (Å²) in [5.74, 6) is 0. The molecule has 0 aliphatic heterocycles. The molecule has 0 amide bonds. The van der Waals surface area contributed by atoms with Gasteiger partial charge in [-0.15, -0.1) is 0 Å². The molecular weight excluding hydrogens is 218 g/mol. The molecule has 0 aliphatic rings. The Morgan fingerprint density at radius 3 is 2.41 bits per heavy atom. The molecule has 0 spiro atoms. The molecular formula is C13H29NO3. The van der Waals surface area contributed by atoms with Crippen LogP contribution in [0.2, 0.25) is 0 Å². The lowest BCUT2D eigenvalue weighted by Gasteiger charge is -2.19. The highest BCUT2D eigenvalue weighted by Crippen LogP contribution is 2.16. The molecule has 0 rings (SSSR count). The van der Waals surface area contributed by atoms with Crippen LogP contribution in [0.25, 0.3) is 0 Å². The van der Waals surface area contributed by atoms with Crippen molar-refractivity contribution in [2.45, 2.75) is 40.2 Å². The highest BCUT2D eigenvalue weighted by molar-refractivity contribution is 4.65. The standard InChI is InChI=1S/C13H29NO3/c1-5-16-8-9-17-11-12(15)10-14-7-6-13(2,3)4/h12,14-15H,5-11H2,1-4H3. The zero-order valence-corrected chi connectivity index (χ0v) is 11.8. The molecule has 0 aromatic heterocycles. The molecule has 4 heteroatoms. The summed E-state index contributed by atoms with van der Waals surface area (Å²) in [4.78, 5) is 0. The van der Waals surface area contributed by atoms with Gasteiger partial charge in [0, 0.05) is 13.2 Å². The summed E-state index contributed by atoms with van der Waals surface area (Å²) in [7, 11) is 0. The monoisotopic (exact) mass is 247 g/mol. The van der Waals surface area contributed by atoms with Gasteiger partial charge >= 0.3 is 0 Å². The van der Waals surface area contributed by atoms with Gasteiger partial charge in [0.1, 0.15) is 0 Å². The maximum atomic E-state index is 9.61. The van der Waals surface area contributed by atoms with Crippen molar-refractivity contribution in [1.29, 1.82) is 0 Å². The molecule has 0 aromatic carbocycles. The lowest BCUT2D eigenvalue weighted by molar-refractivity contribution is 0.00641. The van der Waals surface area contributed by atoms with E-state index in [4.69, 9.17) is 9.47 Å². The van der Waals surface area contributed by atoms with Gasteiger partial charge in [-0.2, -0.15) is 0 Å². The van der Waals surface area contributed by atoms with Crippen molar-refractivity contribution in [3.8, 4) is 0 Å². The molecule has 17 heavy (non-hydrogen) atoms. The molecule has 0 radical (unpaired) electrons. The van der Waals surface area contributed by atoms with E-state index in [1.807, 2.05) is 6.92 Å². The largest absolute Gasteiger partial charge is 0.389 e. The van der Waals surface area contributed by atoms with E-state index in [9.17, 15) is 5.11 Å². The van der Waals surface area contributed by atoms with Crippen LogP contribution in [0.1, 0.15) is 34.1 Å². The number of hydrogen-bond donors (Lipinski definition) is 2. The van der Waals surface area contributed by atoms with E-state index in [2.05, 4.69) is 26.1 Å². The lowest BCUT2D eigenvalue weighted by Crippen LogP contribution is -2.32. The second-order valence-electron chi connectivity index (χ2n) is 5.44. The second-order valence-corrected chi connectivity index (χ2v) is 5.44. The van der Waals surface area contributed by atoms with Gasteiger partial charge in [0.15, 0.2) is 0 Å². The fourth-order valence-corrected chi connectivity index (χ4v) is 1.27. The third kappa shape index (κ3) is 13.8. The van der Waals surface area contributed by atoms with E-state index in [0.717, 1.165) is 13.0 Å². The van der Waals surface area contributed by atoms with Crippen LogP contribution >= 0.6 is 0 Å². The highest BCUT2D eigenvalue weighted by atomic mass is 16.5. The Hall–Kier alpha value is -0.160. The zero-order valence-electron chi connectivity index (χ0n) is 11.8. The fraction of sp³-hybridized carbons (Fsp3) is 1.00. The minimum Gasteiger partial charge on any atom is -0.389 e. The predicted molar refractivity (Wildman–Crippen MR) is 70.3 cm³/mol. The van der Waals surface area contributed by atoms with E-state index in [-0.39, 0.29) is 0 Å². The van der Waals surface area contributed by atoms with Crippen molar-refractivity contribution in [3.63, 3.8) is 0 Å². The Bertz CT molecular complexity index is 169. The number of aliphatic hydroxyl groups excluding tert-OH is 1. The molecule has 104 valence electrons. The minimum atomic E-state index is -0.434. The molecule has 0 aromatic rings. The molecule has 0 saturated carbocycles. The van der Waals surface area contributed by atoms with E-state index < -0.39 is 6.10 Å². The van der Waals surface area contributed by atoms with Gasteiger partial charge in [0.2, 0.25) is 0 Å². The quantitative estimate of drug-likeness (QED) is 0.573. The van der Waals surface area contributed by atoms with Crippen molar-refractivity contribution in [2.24, 2.45) is 5.41 Å². The third-order valence-corrected chi connectivity index (χ3v) is 2.32. The average Bonchev–Trinajstić information content (AvgIpc) is 2.23.